The lowest BCUT2D eigenvalue weighted by atomic mass is 10.3. The molecule has 0 aromatic heterocycles. The summed E-state index contributed by atoms with van der Waals surface area (Å²) in [5, 5.41) is 0. The Bertz CT molecular complexity index is 1030. The summed E-state index contributed by atoms with van der Waals surface area (Å²) in [6, 6.07) is 12.1. The molecule has 0 unspecified atom stereocenters. The second-order valence-electron chi connectivity index (χ2n) is 6.78. The molecule has 0 bridgehead atoms. The van der Waals surface area contributed by atoms with Gasteiger partial charge in [-0.25, -0.2) is 21.6 Å². The van der Waals surface area contributed by atoms with E-state index in [0.717, 1.165) is 0 Å². The number of hydrogen-bond donors (Lipinski definition) is 3. The van der Waals surface area contributed by atoms with Crippen molar-refractivity contribution >= 4 is 31.4 Å². The van der Waals surface area contributed by atoms with Crippen molar-refractivity contribution in [1.82, 2.24) is 13.9 Å². The predicted octanol–water partition coefficient (Wildman–Crippen LogP) is 0.136. The van der Waals surface area contributed by atoms with Gasteiger partial charge in [0.05, 0.1) is 9.79 Å². The fourth-order valence-corrected chi connectivity index (χ4v) is 5.49. The standard InChI is InChI=1S/C18H25N5O4S2/c19-15-1-5-17(6-2-15)28(24,25)21-9-10-22-11-13-23(14-12-22)29(26,27)18-7-3-16(20)4-8-18/h1-8,21H,9-14,19-20H2. The zero-order valence-corrected chi connectivity index (χ0v) is 17.5. The lowest BCUT2D eigenvalue weighted by Crippen LogP contribution is -2.50. The molecule has 0 saturated carbocycles. The second-order valence-corrected chi connectivity index (χ2v) is 10.5. The Morgan fingerprint density at radius 1 is 0.759 bits per heavy atom. The quantitative estimate of drug-likeness (QED) is 0.521. The highest BCUT2D eigenvalue weighted by Crippen LogP contribution is 2.19. The van der Waals surface area contributed by atoms with Crippen LogP contribution in [0.2, 0.25) is 0 Å². The highest BCUT2D eigenvalue weighted by molar-refractivity contribution is 7.89. The summed E-state index contributed by atoms with van der Waals surface area (Å²) in [4.78, 5) is 2.41. The van der Waals surface area contributed by atoms with Crippen LogP contribution in [0.1, 0.15) is 0 Å². The average molecular weight is 440 g/mol. The van der Waals surface area contributed by atoms with Crippen LogP contribution in [0.5, 0.6) is 0 Å². The fourth-order valence-electron chi connectivity index (χ4n) is 3.05. The number of hydrogen-bond acceptors (Lipinski definition) is 7. The van der Waals surface area contributed by atoms with Gasteiger partial charge in [-0.05, 0) is 48.5 Å². The van der Waals surface area contributed by atoms with Gasteiger partial charge >= 0.3 is 0 Å². The van der Waals surface area contributed by atoms with Gasteiger partial charge in [0.1, 0.15) is 0 Å². The molecule has 29 heavy (non-hydrogen) atoms. The molecule has 1 saturated heterocycles. The first-order valence-corrected chi connectivity index (χ1v) is 12.0. The van der Waals surface area contributed by atoms with Crippen LogP contribution in [0.4, 0.5) is 11.4 Å². The number of nitrogens with one attached hydrogen (secondary N) is 1. The third kappa shape index (κ3) is 5.25. The minimum absolute atomic E-state index is 0.158. The van der Waals surface area contributed by atoms with E-state index in [4.69, 9.17) is 11.5 Å². The number of nitrogen functional groups attached to an aromatic ring is 2. The molecule has 11 heteroatoms. The molecule has 0 atom stereocenters. The van der Waals surface area contributed by atoms with E-state index in [1.165, 1.54) is 40.7 Å². The summed E-state index contributed by atoms with van der Waals surface area (Å²) >= 11 is 0. The molecule has 0 aliphatic carbocycles. The van der Waals surface area contributed by atoms with Gasteiger partial charge in [0, 0.05) is 50.6 Å². The normalized spacial score (nSPS) is 16.7. The summed E-state index contributed by atoms with van der Waals surface area (Å²) in [6.45, 7) is 2.46. The Hall–Kier alpha value is -2.18. The van der Waals surface area contributed by atoms with Gasteiger partial charge < -0.3 is 11.5 Å². The third-order valence-electron chi connectivity index (χ3n) is 4.76. The van der Waals surface area contributed by atoms with E-state index in [1.54, 1.807) is 12.1 Å². The van der Waals surface area contributed by atoms with Gasteiger partial charge in [-0.2, -0.15) is 4.31 Å². The summed E-state index contributed by atoms with van der Waals surface area (Å²) < 4.78 is 54.0. The fraction of sp³-hybridized carbons (Fsp3) is 0.333. The Balaban J connectivity index is 1.50. The monoisotopic (exact) mass is 439 g/mol. The number of rotatable bonds is 7. The van der Waals surface area contributed by atoms with Crippen LogP contribution < -0.4 is 16.2 Å². The van der Waals surface area contributed by atoms with Crippen molar-refractivity contribution < 1.29 is 16.8 Å². The van der Waals surface area contributed by atoms with Crippen LogP contribution in [-0.4, -0.2) is 65.3 Å². The molecule has 1 fully saturated rings. The minimum atomic E-state index is -3.60. The van der Waals surface area contributed by atoms with Gasteiger partial charge in [0.2, 0.25) is 20.0 Å². The van der Waals surface area contributed by atoms with E-state index < -0.39 is 20.0 Å². The number of sulfonamides is 2. The Kier molecular flexibility index (Phi) is 6.44. The number of anilines is 2. The predicted molar refractivity (Wildman–Crippen MR) is 112 cm³/mol. The molecule has 0 spiro atoms. The first-order chi connectivity index (χ1) is 13.7. The third-order valence-corrected chi connectivity index (χ3v) is 8.15. The molecule has 3 rings (SSSR count). The van der Waals surface area contributed by atoms with Crippen LogP contribution >= 0.6 is 0 Å². The Labute approximate surface area is 171 Å². The van der Waals surface area contributed by atoms with Crippen LogP contribution in [0.15, 0.2) is 58.3 Å². The summed E-state index contributed by atoms with van der Waals surface area (Å²) in [7, 11) is -7.16. The zero-order valence-electron chi connectivity index (χ0n) is 15.9. The molecule has 1 aliphatic heterocycles. The van der Waals surface area contributed by atoms with Crippen molar-refractivity contribution in [2.75, 3.05) is 50.7 Å². The van der Waals surface area contributed by atoms with E-state index in [-0.39, 0.29) is 16.3 Å². The van der Waals surface area contributed by atoms with Crippen LogP contribution in [0.3, 0.4) is 0 Å². The van der Waals surface area contributed by atoms with Crippen LogP contribution in [-0.2, 0) is 20.0 Å². The van der Waals surface area contributed by atoms with Crippen LogP contribution in [0, 0.1) is 0 Å². The molecule has 2 aromatic rings. The first kappa shape index (κ1) is 21.5. The first-order valence-electron chi connectivity index (χ1n) is 9.12. The van der Waals surface area contributed by atoms with E-state index in [9.17, 15) is 16.8 Å². The molecule has 0 radical (unpaired) electrons. The molecule has 5 N–H and O–H groups in total. The van der Waals surface area contributed by atoms with E-state index in [1.807, 2.05) is 4.90 Å². The molecule has 1 heterocycles. The maximum absolute atomic E-state index is 12.7. The van der Waals surface area contributed by atoms with Gasteiger partial charge in [-0.3, -0.25) is 4.90 Å². The summed E-state index contributed by atoms with van der Waals surface area (Å²) in [5.74, 6) is 0. The number of nitrogens with two attached hydrogens (primary N) is 2. The van der Waals surface area contributed by atoms with Crippen molar-refractivity contribution in [3.8, 4) is 0 Å². The Morgan fingerprint density at radius 2 is 1.24 bits per heavy atom. The zero-order chi connectivity index (χ0) is 21.1. The van der Waals surface area contributed by atoms with Crippen molar-refractivity contribution in [2.24, 2.45) is 0 Å². The highest BCUT2D eigenvalue weighted by Gasteiger charge is 2.28. The maximum Gasteiger partial charge on any atom is 0.243 e. The summed E-state index contributed by atoms with van der Waals surface area (Å²) in [5.41, 5.74) is 12.2. The number of piperazine rings is 1. The highest BCUT2D eigenvalue weighted by atomic mass is 32.2. The van der Waals surface area contributed by atoms with Crippen LogP contribution in [0.25, 0.3) is 0 Å². The van der Waals surface area contributed by atoms with Crippen molar-refractivity contribution in [3.63, 3.8) is 0 Å². The summed E-state index contributed by atoms with van der Waals surface area (Å²) in [6.07, 6.45) is 0. The number of nitrogens with zero attached hydrogens (tertiary/aromatic N) is 2. The number of benzene rings is 2. The molecule has 2 aromatic carbocycles. The topological polar surface area (TPSA) is 139 Å². The lowest BCUT2D eigenvalue weighted by molar-refractivity contribution is 0.191. The molecule has 1 aliphatic rings. The lowest BCUT2D eigenvalue weighted by Gasteiger charge is -2.33. The van der Waals surface area contributed by atoms with Gasteiger partial charge in [-0.1, -0.05) is 0 Å². The van der Waals surface area contributed by atoms with Crippen molar-refractivity contribution in [2.45, 2.75) is 9.79 Å². The van der Waals surface area contributed by atoms with E-state index >= 15 is 0 Å². The minimum Gasteiger partial charge on any atom is -0.399 e. The van der Waals surface area contributed by atoms with Gasteiger partial charge in [0.15, 0.2) is 0 Å². The largest absolute Gasteiger partial charge is 0.399 e. The smallest absolute Gasteiger partial charge is 0.243 e. The van der Waals surface area contributed by atoms with E-state index in [0.29, 0.717) is 44.1 Å². The SMILES string of the molecule is Nc1ccc(S(=O)(=O)NCCN2CCN(S(=O)(=O)c3ccc(N)cc3)CC2)cc1. The van der Waals surface area contributed by atoms with E-state index in [2.05, 4.69) is 4.72 Å². The molecular formula is C18H25N5O4S2. The van der Waals surface area contributed by atoms with Crippen molar-refractivity contribution in [3.05, 3.63) is 48.5 Å². The second kappa shape index (κ2) is 8.67. The Morgan fingerprint density at radius 3 is 1.76 bits per heavy atom. The average Bonchev–Trinajstić information content (AvgIpc) is 2.69. The molecule has 0 amide bonds. The van der Waals surface area contributed by atoms with Gasteiger partial charge in [0.25, 0.3) is 0 Å². The maximum atomic E-state index is 12.7. The molecule has 158 valence electrons. The van der Waals surface area contributed by atoms with Gasteiger partial charge in [-0.15, -0.1) is 0 Å². The van der Waals surface area contributed by atoms with Crippen molar-refractivity contribution in [1.29, 1.82) is 0 Å². The molecular weight excluding hydrogens is 414 g/mol. The molecule has 9 nitrogen and oxygen atoms in total.